The molecule has 0 saturated heterocycles. The van der Waals surface area contributed by atoms with Gasteiger partial charge in [-0.3, -0.25) is 4.72 Å². The highest BCUT2D eigenvalue weighted by Gasteiger charge is 2.15. The topological polar surface area (TPSA) is 58.2 Å². The summed E-state index contributed by atoms with van der Waals surface area (Å²) < 4.78 is 39.1. The lowest BCUT2D eigenvalue weighted by Crippen LogP contribution is -2.22. The average Bonchev–Trinajstić information content (AvgIpc) is 2.46. The van der Waals surface area contributed by atoms with Gasteiger partial charge in [0.05, 0.1) is 5.25 Å². The average molecular weight is 322 g/mol. The second-order valence-corrected chi connectivity index (χ2v) is 7.49. The molecule has 2 aromatic carbocycles. The molecule has 6 heteroatoms. The lowest BCUT2D eigenvalue weighted by Gasteiger charge is -2.11. The van der Waals surface area contributed by atoms with Crippen molar-refractivity contribution in [2.75, 3.05) is 10.0 Å². The Hall–Kier alpha value is -2.08. The van der Waals surface area contributed by atoms with Gasteiger partial charge in [-0.2, -0.15) is 0 Å². The monoisotopic (exact) mass is 322 g/mol. The van der Waals surface area contributed by atoms with Crippen molar-refractivity contribution in [3.8, 4) is 0 Å². The number of hydrogen-bond acceptors (Lipinski definition) is 3. The van der Waals surface area contributed by atoms with Crippen LogP contribution in [0.25, 0.3) is 0 Å². The van der Waals surface area contributed by atoms with E-state index in [-0.39, 0.29) is 5.82 Å². The second-order valence-electron chi connectivity index (χ2n) is 5.26. The molecule has 4 nitrogen and oxygen atoms in total. The summed E-state index contributed by atoms with van der Waals surface area (Å²) in [5.41, 5.74) is 2.20. The van der Waals surface area contributed by atoms with Crippen LogP contribution in [0.3, 0.4) is 0 Å². The maximum atomic E-state index is 13.1. The van der Waals surface area contributed by atoms with Crippen LogP contribution in [-0.4, -0.2) is 13.7 Å². The quantitative estimate of drug-likeness (QED) is 0.854. The predicted octanol–water partition coefficient (Wildman–Crippen LogP) is 3.59. The predicted molar refractivity (Wildman–Crippen MR) is 87.8 cm³/mol. The summed E-state index contributed by atoms with van der Waals surface area (Å²) in [6.45, 7) is 3.78. The van der Waals surface area contributed by atoms with Gasteiger partial charge in [-0.1, -0.05) is 18.2 Å². The highest BCUT2D eigenvalue weighted by molar-refractivity contribution is 7.93. The largest absolute Gasteiger partial charge is 0.381 e. The molecular weight excluding hydrogens is 303 g/mol. The normalized spacial score (nSPS) is 11.5. The Kier molecular flexibility index (Phi) is 5.03. The fourth-order valence-electron chi connectivity index (χ4n) is 1.78. The van der Waals surface area contributed by atoms with Crippen LogP contribution in [0.1, 0.15) is 19.4 Å². The van der Waals surface area contributed by atoms with E-state index in [0.29, 0.717) is 17.9 Å². The van der Waals surface area contributed by atoms with Gasteiger partial charge < -0.3 is 5.32 Å². The maximum Gasteiger partial charge on any atom is 0.235 e. The van der Waals surface area contributed by atoms with Gasteiger partial charge in [0.1, 0.15) is 5.82 Å². The molecule has 2 aromatic rings. The molecule has 2 N–H and O–H groups in total. The summed E-state index contributed by atoms with van der Waals surface area (Å²) in [5.74, 6) is -0.288. The molecule has 0 atom stereocenters. The van der Waals surface area contributed by atoms with Crippen molar-refractivity contribution in [1.29, 1.82) is 0 Å². The summed E-state index contributed by atoms with van der Waals surface area (Å²) in [6, 6.07) is 13.3. The van der Waals surface area contributed by atoms with Crippen molar-refractivity contribution in [3.05, 3.63) is 59.9 Å². The Bertz CT molecular complexity index is 728. The molecule has 0 aliphatic rings. The number of sulfonamides is 1. The van der Waals surface area contributed by atoms with Crippen molar-refractivity contribution < 1.29 is 12.8 Å². The molecule has 0 heterocycles. The fraction of sp³-hybridized carbons (Fsp3) is 0.250. The highest BCUT2D eigenvalue weighted by atomic mass is 32.2. The number of nitrogens with one attached hydrogen (secondary N) is 2. The van der Waals surface area contributed by atoms with Crippen LogP contribution in [0, 0.1) is 5.82 Å². The Labute approximate surface area is 130 Å². The van der Waals surface area contributed by atoms with Crippen LogP contribution in [0.5, 0.6) is 0 Å². The summed E-state index contributed by atoms with van der Waals surface area (Å²) in [6.07, 6.45) is 0. The van der Waals surface area contributed by atoms with E-state index in [9.17, 15) is 12.8 Å². The van der Waals surface area contributed by atoms with Crippen molar-refractivity contribution in [2.45, 2.75) is 25.6 Å². The first-order chi connectivity index (χ1) is 10.4. The summed E-state index contributed by atoms with van der Waals surface area (Å²) in [7, 11) is -3.33. The molecule has 22 heavy (non-hydrogen) atoms. The second kappa shape index (κ2) is 6.79. The van der Waals surface area contributed by atoms with Crippen molar-refractivity contribution >= 4 is 21.4 Å². The number of hydrogen-bond donors (Lipinski definition) is 2. The molecular formula is C16H19FN2O2S. The summed E-state index contributed by atoms with van der Waals surface area (Å²) in [4.78, 5) is 0. The minimum absolute atomic E-state index is 0.288. The summed E-state index contributed by atoms with van der Waals surface area (Å²) in [5, 5.41) is 2.62. The number of anilines is 2. The Morgan fingerprint density at radius 2 is 1.73 bits per heavy atom. The van der Waals surface area contributed by atoms with Crippen LogP contribution in [0.2, 0.25) is 0 Å². The first kappa shape index (κ1) is 16.3. The van der Waals surface area contributed by atoms with E-state index in [2.05, 4.69) is 10.0 Å². The lowest BCUT2D eigenvalue weighted by molar-refractivity contribution is 0.593. The number of rotatable bonds is 6. The zero-order valence-electron chi connectivity index (χ0n) is 12.5. The minimum Gasteiger partial charge on any atom is -0.381 e. The van der Waals surface area contributed by atoms with Gasteiger partial charge in [0, 0.05) is 17.9 Å². The zero-order valence-corrected chi connectivity index (χ0v) is 13.3. The number of halogens is 1. The van der Waals surface area contributed by atoms with Gasteiger partial charge >= 0.3 is 0 Å². The van der Waals surface area contributed by atoms with Crippen molar-refractivity contribution in [2.24, 2.45) is 0 Å². The molecule has 118 valence electrons. The molecule has 0 fully saturated rings. The molecule has 0 spiro atoms. The van der Waals surface area contributed by atoms with Crippen LogP contribution < -0.4 is 10.0 Å². The molecule has 2 rings (SSSR count). The zero-order chi connectivity index (χ0) is 16.2. The van der Waals surface area contributed by atoms with Gasteiger partial charge in [-0.05, 0) is 49.7 Å². The van der Waals surface area contributed by atoms with Crippen LogP contribution in [-0.2, 0) is 16.6 Å². The first-order valence-electron chi connectivity index (χ1n) is 6.97. The molecule has 0 amide bonds. The van der Waals surface area contributed by atoms with Crippen LogP contribution >= 0.6 is 0 Å². The minimum atomic E-state index is -3.33. The Morgan fingerprint density at radius 1 is 1.05 bits per heavy atom. The lowest BCUT2D eigenvalue weighted by atomic mass is 10.2. The van der Waals surface area contributed by atoms with Crippen LogP contribution in [0.4, 0.5) is 15.8 Å². The SMILES string of the molecule is CC(C)S(=O)(=O)Nc1ccc(CNc2cccc(F)c2)cc1. The van der Waals surface area contributed by atoms with Gasteiger partial charge in [-0.15, -0.1) is 0 Å². The highest BCUT2D eigenvalue weighted by Crippen LogP contribution is 2.15. The first-order valence-corrected chi connectivity index (χ1v) is 8.51. The smallest absolute Gasteiger partial charge is 0.235 e. The van der Waals surface area contributed by atoms with Crippen molar-refractivity contribution in [1.82, 2.24) is 0 Å². The van der Waals surface area contributed by atoms with E-state index < -0.39 is 15.3 Å². The molecule has 0 aliphatic carbocycles. The van der Waals surface area contributed by atoms with E-state index in [1.807, 2.05) is 12.1 Å². The summed E-state index contributed by atoms with van der Waals surface area (Å²) >= 11 is 0. The van der Waals surface area contributed by atoms with Gasteiger partial charge in [-0.25, -0.2) is 12.8 Å². The standard InChI is InChI=1S/C16H19FN2O2S/c1-12(2)22(20,21)19-15-8-6-13(7-9-15)11-18-16-5-3-4-14(17)10-16/h3-10,12,18-19H,11H2,1-2H3. The van der Waals surface area contributed by atoms with E-state index in [4.69, 9.17) is 0 Å². The van der Waals surface area contributed by atoms with E-state index in [1.54, 1.807) is 38.1 Å². The molecule has 0 radical (unpaired) electrons. The van der Waals surface area contributed by atoms with Gasteiger partial charge in [0.2, 0.25) is 10.0 Å². The molecule has 0 aromatic heterocycles. The van der Waals surface area contributed by atoms with E-state index >= 15 is 0 Å². The van der Waals surface area contributed by atoms with E-state index in [1.165, 1.54) is 12.1 Å². The molecule has 0 unspecified atom stereocenters. The molecule has 0 aliphatic heterocycles. The maximum absolute atomic E-state index is 13.1. The number of benzene rings is 2. The third kappa shape index (κ3) is 4.46. The third-order valence-corrected chi connectivity index (χ3v) is 4.92. The van der Waals surface area contributed by atoms with E-state index in [0.717, 1.165) is 5.56 Å². The Morgan fingerprint density at radius 3 is 2.32 bits per heavy atom. The molecule has 0 bridgehead atoms. The van der Waals surface area contributed by atoms with Crippen molar-refractivity contribution in [3.63, 3.8) is 0 Å². The van der Waals surface area contributed by atoms with Gasteiger partial charge in [0.15, 0.2) is 0 Å². The third-order valence-electron chi connectivity index (χ3n) is 3.16. The Balaban J connectivity index is 1.98. The van der Waals surface area contributed by atoms with Gasteiger partial charge in [0.25, 0.3) is 0 Å². The molecule has 0 saturated carbocycles. The van der Waals surface area contributed by atoms with Crippen LogP contribution in [0.15, 0.2) is 48.5 Å². The fourth-order valence-corrected chi connectivity index (χ4v) is 2.48.